The third kappa shape index (κ3) is 3.92. The van der Waals surface area contributed by atoms with Gasteiger partial charge in [0.25, 0.3) is 5.56 Å². The number of nitrogens with zero attached hydrogens (tertiary/aromatic N) is 6. The molecule has 0 aliphatic rings. The zero-order chi connectivity index (χ0) is 25.5. The number of aromatic nitrogens is 6. The Labute approximate surface area is 212 Å². The summed E-state index contributed by atoms with van der Waals surface area (Å²) in [4.78, 5) is 35.6. The lowest BCUT2D eigenvalue weighted by atomic mass is 10.0. The Balaban J connectivity index is 1.64. The first-order valence-electron chi connectivity index (χ1n) is 12.0. The predicted molar refractivity (Wildman–Crippen MR) is 144 cm³/mol. The topological polar surface area (TPSA) is 87.6 Å². The van der Waals surface area contributed by atoms with Crippen molar-refractivity contribution in [3.05, 3.63) is 123 Å². The van der Waals surface area contributed by atoms with Gasteiger partial charge in [-0.3, -0.25) is 28.6 Å². The average Bonchev–Trinajstić information content (AvgIpc) is 3.29. The molecule has 0 N–H and O–H groups in total. The standard InChI is InChI=1S/C29H24N6O2/c1-19-7-5-11-23(31-19)18-34-27-25(28(36)33(2)29(34)37)26(21-13-15-30-16-14-21)35(32-27)17-22-10-6-9-20-8-3-4-12-24(20)22/h3-16H,17-18H2,1-2H3. The molecule has 0 saturated heterocycles. The molecule has 6 aromatic rings. The molecule has 2 aromatic carbocycles. The molecular formula is C29H24N6O2. The monoisotopic (exact) mass is 488 g/mol. The van der Waals surface area contributed by atoms with Crippen LogP contribution in [0.4, 0.5) is 0 Å². The van der Waals surface area contributed by atoms with Crippen molar-refractivity contribution in [3.8, 4) is 11.3 Å². The molecule has 0 amide bonds. The van der Waals surface area contributed by atoms with Crippen LogP contribution in [0.1, 0.15) is 17.0 Å². The zero-order valence-electron chi connectivity index (χ0n) is 20.5. The maximum absolute atomic E-state index is 13.5. The van der Waals surface area contributed by atoms with Crippen LogP contribution in [0.25, 0.3) is 33.1 Å². The molecule has 0 bridgehead atoms. The van der Waals surface area contributed by atoms with E-state index in [9.17, 15) is 9.59 Å². The number of benzene rings is 2. The van der Waals surface area contributed by atoms with Gasteiger partial charge in [0.15, 0.2) is 5.65 Å². The number of hydrogen-bond donors (Lipinski definition) is 0. The summed E-state index contributed by atoms with van der Waals surface area (Å²) in [5.74, 6) is 0. The van der Waals surface area contributed by atoms with E-state index in [1.165, 1.54) is 11.6 Å². The molecule has 0 spiro atoms. The lowest BCUT2D eigenvalue weighted by Crippen LogP contribution is -2.38. The summed E-state index contributed by atoms with van der Waals surface area (Å²) in [6.07, 6.45) is 3.38. The minimum absolute atomic E-state index is 0.201. The predicted octanol–water partition coefficient (Wildman–Crippen LogP) is 3.91. The summed E-state index contributed by atoms with van der Waals surface area (Å²) >= 11 is 0. The first-order valence-corrected chi connectivity index (χ1v) is 12.0. The van der Waals surface area contributed by atoms with Crippen molar-refractivity contribution in [2.75, 3.05) is 0 Å². The lowest BCUT2D eigenvalue weighted by molar-refractivity contribution is 0.645. The highest BCUT2D eigenvalue weighted by Gasteiger charge is 2.23. The largest absolute Gasteiger partial charge is 0.332 e. The second kappa shape index (κ2) is 8.98. The van der Waals surface area contributed by atoms with E-state index in [0.717, 1.165) is 37.9 Å². The van der Waals surface area contributed by atoms with E-state index in [0.29, 0.717) is 23.3 Å². The second-order valence-electron chi connectivity index (χ2n) is 9.08. The van der Waals surface area contributed by atoms with Gasteiger partial charge in [-0.15, -0.1) is 0 Å². The lowest BCUT2D eigenvalue weighted by Gasteiger charge is -2.10. The van der Waals surface area contributed by atoms with Gasteiger partial charge >= 0.3 is 5.69 Å². The summed E-state index contributed by atoms with van der Waals surface area (Å²) in [6.45, 7) is 2.53. The van der Waals surface area contributed by atoms with E-state index in [-0.39, 0.29) is 12.1 Å². The molecule has 37 heavy (non-hydrogen) atoms. The van der Waals surface area contributed by atoms with Gasteiger partial charge in [-0.1, -0.05) is 48.5 Å². The van der Waals surface area contributed by atoms with Gasteiger partial charge in [0.1, 0.15) is 5.39 Å². The van der Waals surface area contributed by atoms with Crippen molar-refractivity contribution in [1.82, 2.24) is 28.9 Å². The SMILES string of the molecule is Cc1cccc(Cn2c(=O)n(C)c(=O)c3c(-c4ccncc4)n(Cc4cccc5ccccc45)nc32)n1. The van der Waals surface area contributed by atoms with E-state index >= 15 is 0 Å². The fraction of sp³-hybridized carbons (Fsp3) is 0.138. The van der Waals surface area contributed by atoms with Crippen molar-refractivity contribution in [2.24, 2.45) is 7.05 Å². The molecule has 8 heteroatoms. The van der Waals surface area contributed by atoms with E-state index in [2.05, 4.69) is 34.2 Å². The molecule has 0 saturated carbocycles. The van der Waals surface area contributed by atoms with Crippen LogP contribution in [0, 0.1) is 6.92 Å². The maximum Gasteiger partial charge on any atom is 0.332 e. The molecule has 0 aliphatic carbocycles. The van der Waals surface area contributed by atoms with Crippen LogP contribution < -0.4 is 11.2 Å². The van der Waals surface area contributed by atoms with E-state index in [1.54, 1.807) is 12.4 Å². The molecule has 0 unspecified atom stereocenters. The molecule has 0 aliphatic heterocycles. The van der Waals surface area contributed by atoms with Crippen LogP contribution in [0.5, 0.6) is 0 Å². The smallest absolute Gasteiger partial charge is 0.270 e. The van der Waals surface area contributed by atoms with Gasteiger partial charge in [-0.2, -0.15) is 5.10 Å². The molecule has 0 radical (unpaired) electrons. The van der Waals surface area contributed by atoms with Crippen LogP contribution in [0.15, 0.2) is 94.8 Å². The number of hydrogen-bond acceptors (Lipinski definition) is 5. The number of rotatable bonds is 5. The van der Waals surface area contributed by atoms with Crippen molar-refractivity contribution < 1.29 is 0 Å². The third-order valence-electron chi connectivity index (χ3n) is 6.65. The molecule has 4 heterocycles. The highest BCUT2D eigenvalue weighted by Crippen LogP contribution is 2.28. The normalized spacial score (nSPS) is 11.4. The summed E-state index contributed by atoms with van der Waals surface area (Å²) in [6, 6.07) is 23.7. The summed E-state index contributed by atoms with van der Waals surface area (Å²) in [5, 5.41) is 7.52. The van der Waals surface area contributed by atoms with Gasteiger partial charge in [0.2, 0.25) is 0 Å². The molecule has 8 nitrogen and oxygen atoms in total. The fourth-order valence-corrected chi connectivity index (χ4v) is 4.86. The van der Waals surface area contributed by atoms with Gasteiger partial charge in [-0.25, -0.2) is 4.79 Å². The van der Waals surface area contributed by atoms with Crippen molar-refractivity contribution in [2.45, 2.75) is 20.0 Å². The summed E-state index contributed by atoms with van der Waals surface area (Å²) < 4.78 is 4.50. The van der Waals surface area contributed by atoms with Crippen molar-refractivity contribution in [3.63, 3.8) is 0 Å². The van der Waals surface area contributed by atoms with Crippen LogP contribution >= 0.6 is 0 Å². The van der Waals surface area contributed by atoms with E-state index in [4.69, 9.17) is 5.10 Å². The molecule has 0 atom stereocenters. The van der Waals surface area contributed by atoms with Crippen molar-refractivity contribution >= 4 is 21.8 Å². The van der Waals surface area contributed by atoms with Gasteiger partial charge < -0.3 is 0 Å². The zero-order valence-corrected chi connectivity index (χ0v) is 20.5. The number of pyridine rings is 2. The van der Waals surface area contributed by atoms with Crippen LogP contribution in [-0.2, 0) is 20.1 Å². The van der Waals surface area contributed by atoms with E-state index < -0.39 is 5.69 Å². The summed E-state index contributed by atoms with van der Waals surface area (Å²) in [7, 11) is 1.50. The fourth-order valence-electron chi connectivity index (χ4n) is 4.86. The first-order chi connectivity index (χ1) is 18.0. The van der Waals surface area contributed by atoms with E-state index in [1.807, 2.05) is 60.1 Å². The Morgan fingerprint density at radius 2 is 1.59 bits per heavy atom. The molecular weight excluding hydrogens is 464 g/mol. The number of aryl methyl sites for hydroxylation is 1. The summed E-state index contributed by atoms with van der Waals surface area (Å²) in [5.41, 5.74) is 3.60. The Bertz CT molecular complexity index is 1890. The molecule has 4 aromatic heterocycles. The van der Waals surface area contributed by atoms with Gasteiger partial charge in [0.05, 0.1) is 24.5 Å². The number of fused-ring (bicyclic) bond motifs is 2. The molecule has 0 fully saturated rings. The van der Waals surface area contributed by atoms with Crippen LogP contribution in [0.2, 0.25) is 0 Å². The average molecular weight is 489 g/mol. The van der Waals surface area contributed by atoms with Gasteiger partial charge in [-0.05, 0) is 47.5 Å². The van der Waals surface area contributed by atoms with Crippen LogP contribution in [-0.4, -0.2) is 28.9 Å². The molecule has 6 rings (SSSR count). The Morgan fingerprint density at radius 1 is 0.838 bits per heavy atom. The highest BCUT2D eigenvalue weighted by atomic mass is 16.2. The highest BCUT2D eigenvalue weighted by molar-refractivity contribution is 5.91. The third-order valence-corrected chi connectivity index (χ3v) is 6.65. The van der Waals surface area contributed by atoms with Gasteiger partial charge in [0, 0.05) is 30.7 Å². The molecule has 182 valence electrons. The maximum atomic E-state index is 13.5. The van der Waals surface area contributed by atoms with Crippen LogP contribution in [0.3, 0.4) is 0 Å². The first kappa shape index (κ1) is 22.6. The van der Waals surface area contributed by atoms with Crippen molar-refractivity contribution in [1.29, 1.82) is 0 Å². The second-order valence-corrected chi connectivity index (χ2v) is 9.08. The Morgan fingerprint density at radius 3 is 2.41 bits per heavy atom. The minimum atomic E-state index is -0.433. The Kier molecular flexibility index (Phi) is 5.49. The Hall–Kier alpha value is -4.85. The minimum Gasteiger partial charge on any atom is -0.270 e. The quantitative estimate of drug-likeness (QED) is 0.367.